The predicted molar refractivity (Wildman–Crippen MR) is 98.6 cm³/mol. The largest absolute Gasteiger partial charge is 0.478 e. The van der Waals surface area contributed by atoms with Crippen molar-refractivity contribution in [3.8, 4) is 0 Å². The normalized spacial score (nSPS) is 15.1. The Morgan fingerprint density at radius 1 is 1.22 bits per heavy atom. The second kappa shape index (κ2) is 6.38. The maximum atomic E-state index is 11.2. The highest BCUT2D eigenvalue weighted by molar-refractivity contribution is 14.1. The standard InChI is InChI=1S/C16H19IN4O2/c1-10-15(11(2)19-18-10)21-7-5-20(6-8-21)14-9-12(16(22)23)3-4-13(14)17/h3-4,9H,5-8H2,1-2H3,(H,18,19)(H,22,23). The van der Waals surface area contributed by atoms with Crippen molar-refractivity contribution in [3.63, 3.8) is 0 Å². The lowest BCUT2D eigenvalue weighted by molar-refractivity contribution is 0.0697. The number of nitrogens with zero attached hydrogens (tertiary/aromatic N) is 3. The zero-order valence-electron chi connectivity index (χ0n) is 13.1. The molecule has 0 spiro atoms. The first-order chi connectivity index (χ1) is 11.0. The fourth-order valence-corrected chi connectivity index (χ4v) is 3.75. The van der Waals surface area contributed by atoms with E-state index in [1.54, 1.807) is 12.1 Å². The van der Waals surface area contributed by atoms with Crippen LogP contribution in [0.5, 0.6) is 0 Å². The minimum absolute atomic E-state index is 0.337. The molecule has 23 heavy (non-hydrogen) atoms. The smallest absolute Gasteiger partial charge is 0.335 e. The third-order valence-corrected chi connectivity index (χ3v) is 5.13. The lowest BCUT2D eigenvalue weighted by atomic mass is 10.1. The van der Waals surface area contributed by atoms with E-state index in [9.17, 15) is 9.90 Å². The van der Waals surface area contributed by atoms with Gasteiger partial charge in [0.05, 0.1) is 28.3 Å². The quantitative estimate of drug-likeness (QED) is 0.739. The Balaban J connectivity index is 1.77. The average Bonchev–Trinajstić information content (AvgIpc) is 2.87. The van der Waals surface area contributed by atoms with Gasteiger partial charge in [-0.2, -0.15) is 5.10 Å². The minimum Gasteiger partial charge on any atom is -0.478 e. The van der Waals surface area contributed by atoms with E-state index in [2.05, 4.69) is 42.6 Å². The van der Waals surface area contributed by atoms with Crippen LogP contribution in [0, 0.1) is 17.4 Å². The van der Waals surface area contributed by atoms with Crippen LogP contribution in [0.25, 0.3) is 0 Å². The number of aromatic carboxylic acids is 1. The summed E-state index contributed by atoms with van der Waals surface area (Å²) in [5.41, 5.74) is 4.66. The van der Waals surface area contributed by atoms with E-state index < -0.39 is 5.97 Å². The Morgan fingerprint density at radius 3 is 2.43 bits per heavy atom. The number of aromatic amines is 1. The van der Waals surface area contributed by atoms with Crippen LogP contribution in [0.2, 0.25) is 0 Å². The average molecular weight is 426 g/mol. The summed E-state index contributed by atoms with van der Waals surface area (Å²) in [6.07, 6.45) is 0. The molecular weight excluding hydrogens is 407 g/mol. The number of aromatic nitrogens is 2. The molecule has 1 aliphatic rings. The van der Waals surface area contributed by atoms with Gasteiger partial charge in [0.15, 0.2) is 0 Å². The number of nitrogens with one attached hydrogen (secondary N) is 1. The Hall–Kier alpha value is -1.77. The molecular formula is C16H19IN4O2. The first kappa shape index (κ1) is 16.1. The topological polar surface area (TPSA) is 72.5 Å². The molecule has 122 valence electrons. The lowest BCUT2D eigenvalue weighted by Gasteiger charge is -2.38. The second-order valence-corrected chi connectivity index (χ2v) is 6.89. The van der Waals surface area contributed by atoms with E-state index in [1.807, 2.05) is 19.9 Å². The van der Waals surface area contributed by atoms with E-state index in [-0.39, 0.29) is 0 Å². The van der Waals surface area contributed by atoms with Gasteiger partial charge in [0.1, 0.15) is 0 Å². The van der Waals surface area contributed by atoms with Gasteiger partial charge < -0.3 is 14.9 Å². The fraction of sp³-hybridized carbons (Fsp3) is 0.375. The van der Waals surface area contributed by atoms with Gasteiger partial charge in [0, 0.05) is 29.7 Å². The molecule has 2 aromatic rings. The number of rotatable bonds is 3. The molecule has 0 amide bonds. The molecule has 1 aliphatic heterocycles. The first-order valence-corrected chi connectivity index (χ1v) is 8.59. The number of aryl methyl sites for hydroxylation is 2. The van der Waals surface area contributed by atoms with Crippen molar-refractivity contribution in [3.05, 3.63) is 38.7 Å². The lowest BCUT2D eigenvalue weighted by Crippen LogP contribution is -2.47. The van der Waals surface area contributed by atoms with Crippen molar-refractivity contribution in [2.75, 3.05) is 36.0 Å². The van der Waals surface area contributed by atoms with Gasteiger partial charge in [-0.1, -0.05) is 0 Å². The fourth-order valence-electron chi connectivity index (χ4n) is 3.07. The van der Waals surface area contributed by atoms with Gasteiger partial charge >= 0.3 is 5.97 Å². The van der Waals surface area contributed by atoms with Gasteiger partial charge in [0.2, 0.25) is 0 Å². The molecule has 1 saturated heterocycles. The predicted octanol–water partition coefficient (Wildman–Crippen LogP) is 2.66. The Kier molecular flexibility index (Phi) is 4.47. The number of hydrogen-bond acceptors (Lipinski definition) is 4. The number of benzene rings is 1. The van der Waals surface area contributed by atoms with Crippen LogP contribution in [-0.4, -0.2) is 47.5 Å². The van der Waals surface area contributed by atoms with E-state index in [1.165, 1.54) is 5.69 Å². The summed E-state index contributed by atoms with van der Waals surface area (Å²) in [5, 5.41) is 16.5. The molecule has 1 aromatic carbocycles. The van der Waals surface area contributed by atoms with E-state index >= 15 is 0 Å². The third-order valence-electron chi connectivity index (χ3n) is 4.22. The molecule has 0 radical (unpaired) electrons. The Labute approximate surface area is 148 Å². The van der Waals surface area contributed by atoms with Crippen LogP contribution in [0.3, 0.4) is 0 Å². The number of carboxylic acid groups (broad SMARTS) is 1. The number of carboxylic acids is 1. The highest BCUT2D eigenvalue weighted by atomic mass is 127. The highest BCUT2D eigenvalue weighted by Gasteiger charge is 2.23. The molecule has 0 saturated carbocycles. The van der Waals surface area contributed by atoms with Crippen molar-refractivity contribution in [1.29, 1.82) is 0 Å². The molecule has 0 bridgehead atoms. The van der Waals surface area contributed by atoms with Crippen molar-refractivity contribution < 1.29 is 9.90 Å². The summed E-state index contributed by atoms with van der Waals surface area (Å²) in [7, 11) is 0. The molecule has 2 heterocycles. The maximum absolute atomic E-state index is 11.2. The van der Waals surface area contributed by atoms with Gasteiger partial charge in [-0.25, -0.2) is 4.79 Å². The Bertz CT molecular complexity index is 716. The minimum atomic E-state index is -0.883. The molecule has 0 unspecified atom stereocenters. The van der Waals surface area contributed by atoms with Crippen molar-refractivity contribution in [1.82, 2.24) is 10.2 Å². The van der Waals surface area contributed by atoms with Gasteiger partial charge in [-0.05, 0) is 54.6 Å². The number of anilines is 2. The number of halogens is 1. The zero-order chi connectivity index (χ0) is 16.6. The van der Waals surface area contributed by atoms with Crippen molar-refractivity contribution in [2.24, 2.45) is 0 Å². The van der Waals surface area contributed by atoms with Crippen molar-refractivity contribution in [2.45, 2.75) is 13.8 Å². The molecule has 0 aliphatic carbocycles. The van der Waals surface area contributed by atoms with Crippen LogP contribution in [0.1, 0.15) is 21.7 Å². The van der Waals surface area contributed by atoms with E-state index in [0.717, 1.165) is 46.8 Å². The summed E-state index contributed by atoms with van der Waals surface area (Å²) in [6, 6.07) is 5.30. The molecule has 0 atom stereocenters. The second-order valence-electron chi connectivity index (χ2n) is 5.73. The number of H-pyrrole nitrogens is 1. The SMILES string of the molecule is Cc1n[nH]c(C)c1N1CCN(c2cc(C(=O)O)ccc2I)CC1. The van der Waals surface area contributed by atoms with Gasteiger partial charge in [-0.15, -0.1) is 0 Å². The van der Waals surface area contributed by atoms with E-state index in [4.69, 9.17) is 0 Å². The van der Waals surface area contributed by atoms with Crippen LogP contribution < -0.4 is 9.80 Å². The first-order valence-electron chi connectivity index (χ1n) is 7.51. The van der Waals surface area contributed by atoms with Crippen LogP contribution in [0.4, 0.5) is 11.4 Å². The monoisotopic (exact) mass is 426 g/mol. The Morgan fingerprint density at radius 2 is 1.87 bits per heavy atom. The summed E-state index contributed by atoms with van der Waals surface area (Å²) in [5.74, 6) is -0.883. The van der Waals surface area contributed by atoms with Crippen LogP contribution in [0.15, 0.2) is 18.2 Å². The molecule has 3 rings (SSSR count). The van der Waals surface area contributed by atoms with E-state index in [0.29, 0.717) is 5.56 Å². The van der Waals surface area contributed by atoms with Gasteiger partial charge in [0.25, 0.3) is 0 Å². The number of hydrogen-bond donors (Lipinski definition) is 2. The summed E-state index contributed by atoms with van der Waals surface area (Å²) in [4.78, 5) is 15.8. The van der Waals surface area contributed by atoms with Crippen LogP contribution in [-0.2, 0) is 0 Å². The summed E-state index contributed by atoms with van der Waals surface area (Å²) < 4.78 is 1.08. The molecule has 6 nitrogen and oxygen atoms in total. The van der Waals surface area contributed by atoms with Gasteiger partial charge in [-0.3, -0.25) is 5.10 Å². The summed E-state index contributed by atoms with van der Waals surface area (Å²) >= 11 is 2.27. The highest BCUT2D eigenvalue weighted by Crippen LogP contribution is 2.28. The molecule has 7 heteroatoms. The molecule has 1 fully saturated rings. The molecule has 2 N–H and O–H groups in total. The number of piperazine rings is 1. The maximum Gasteiger partial charge on any atom is 0.335 e. The van der Waals surface area contributed by atoms with Crippen molar-refractivity contribution >= 4 is 39.9 Å². The molecule has 1 aromatic heterocycles. The third kappa shape index (κ3) is 3.15. The van der Waals surface area contributed by atoms with Crippen LogP contribution >= 0.6 is 22.6 Å². The number of carbonyl (C=O) groups is 1. The summed E-state index contributed by atoms with van der Waals surface area (Å²) in [6.45, 7) is 7.58. The zero-order valence-corrected chi connectivity index (χ0v) is 15.3.